The lowest BCUT2D eigenvalue weighted by atomic mass is 9.98. The highest BCUT2D eigenvalue weighted by atomic mass is 32.1. The van der Waals surface area contributed by atoms with Gasteiger partial charge in [0, 0.05) is 82.1 Å². The molecule has 0 saturated carbocycles. The molecule has 75 heavy (non-hydrogen) atoms. The van der Waals surface area contributed by atoms with Crippen LogP contribution in [0.2, 0.25) is 0 Å². The van der Waals surface area contributed by atoms with Crippen LogP contribution >= 0.6 is 11.3 Å². The summed E-state index contributed by atoms with van der Waals surface area (Å²) in [5.41, 5.74) is 16.2. The molecule has 5 heteroatoms. The minimum absolute atomic E-state index is 0.864. The predicted octanol–water partition coefficient (Wildman–Crippen LogP) is 20.9. The number of para-hydroxylation sites is 3. The second-order valence-electron chi connectivity index (χ2n) is 18.9. The third kappa shape index (κ3) is 8.13. The number of hydrogen-bond donors (Lipinski definition) is 0. The van der Waals surface area contributed by atoms with Gasteiger partial charge < -0.3 is 19.1 Å². The average Bonchev–Trinajstić information content (AvgIpc) is 4.05. The maximum Gasteiger partial charge on any atom is 0.135 e. The SMILES string of the molecule is c1ccc(-c2ccc(N(c3ccccc3)c3ccc4sc5cc(N(c6cccc(N(c7ccccc7)c7ccc(-c8cccc9ccccc89)cc7)c6)c6ccc7oc8ccccc8c7c6)ccc5c4c3)cc2)cc1. The van der Waals surface area contributed by atoms with Gasteiger partial charge in [-0.2, -0.15) is 0 Å². The maximum atomic E-state index is 6.38. The van der Waals surface area contributed by atoms with E-state index in [1.807, 2.05) is 23.5 Å². The molecule has 0 spiro atoms. The molecule has 354 valence electrons. The van der Waals surface area contributed by atoms with Crippen LogP contribution in [-0.2, 0) is 0 Å². The third-order valence-electron chi connectivity index (χ3n) is 14.4. The zero-order valence-electron chi connectivity index (χ0n) is 40.8. The van der Waals surface area contributed by atoms with E-state index in [1.165, 1.54) is 53.2 Å². The van der Waals surface area contributed by atoms with Crippen LogP contribution < -0.4 is 14.7 Å². The molecule has 0 amide bonds. The molecule has 0 saturated heterocycles. The lowest BCUT2D eigenvalue weighted by molar-refractivity contribution is 0.669. The topological polar surface area (TPSA) is 22.9 Å². The summed E-state index contributed by atoms with van der Waals surface area (Å²) in [6.07, 6.45) is 0. The molecule has 0 aliphatic carbocycles. The molecule has 0 atom stereocenters. The van der Waals surface area contributed by atoms with Crippen molar-refractivity contribution < 1.29 is 4.42 Å². The van der Waals surface area contributed by atoms with Crippen LogP contribution in [0.5, 0.6) is 0 Å². The van der Waals surface area contributed by atoms with Gasteiger partial charge in [-0.1, -0.05) is 164 Å². The summed E-state index contributed by atoms with van der Waals surface area (Å²) in [4.78, 5) is 7.10. The number of thiophene rings is 1. The van der Waals surface area contributed by atoms with Crippen LogP contribution in [0.4, 0.5) is 51.2 Å². The molecule has 14 rings (SSSR count). The quantitative estimate of drug-likeness (QED) is 0.129. The van der Waals surface area contributed by atoms with E-state index >= 15 is 0 Å². The number of rotatable bonds is 11. The molecule has 4 nitrogen and oxygen atoms in total. The second kappa shape index (κ2) is 18.7. The van der Waals surface area contributed by atoms with Gasteiger partial charge in [0.15, 0.2) is 0 Å². The molecule has 0 N–H and O–H groups in total. The van der Waals surface area contributed by atoms with E-state index in [0.717, 1.165) is 73.1 Å². The normalized spacial score (nSPS) is 11.5. The smallest absolute Gasteiger partial charge is 0.135 e. The Kier molecular flexibility index (Phi) is 11.0. The minimum atomic E-state index is 0.864. The fraction of sp³-hybridized carbons (Fsp3) is 0. The summed E-state index contributed by atoms with van der Waals surface area (Å²) in [6.45, 7) is 0. The van der Waals surface area contributed by atoms with E-state index in [2.05, 4.69) is 288 Å². The Morgan fingerprint density at radius 2 is 0.693 bits per heavy atom. The Bertz CT molecular complexity index is 4350. The summed E-state index contributed by atoms with van der Waals surface area (Å²) in [7, 11) is 0. The largest absolute Gasteiger partial charge is 0.456 e. The van der Waals surface area contributed by atoms with Gasteiger partial charge in [0.05, 0.1) is 0 Å². The zero-order valence-corrected chi connectivity index (χ0v) is 41.6. The summed E-state index contributed by atoms with van der Waals surface area (Å²) >= 11 is 1.84. The average molecular weight is 978 g/mol. The highest BCUT2D eigenvalue weighted by Gasteiger charge is 2.21. The van der Waals surface area contributed by atoms with Gasteiger partial charge in [0.2, 0.25) is 0 Å². The van der Waals surface area contributed by atoms with Crippen molar-refractivity contribution in [2.45, 2.75) is 0 Å². The van der Waals surface area contributed by atoms with E-state index in [-0.39, 0.29) is 0 Å². The van der Waals surface area contributed by atoms with Gasteiger partial charge in [-0.3, -0.25) is 0 Å². The van der Waals surface area contributed by atoms with Crippen molar-refractivity contribution >= 4 is 115 Å². The molecule has 12 aromatic carbocycles. The summed E-state index contributed by atoms with van der Waals surface area (Å²) in [6, 6.07) is 103. The Balaban J connectivity index is 0.882. The first-order chi connectivity index (χ1) is 37.2. The van der Waals surface area contributed by atoms with Crippen molar-refractivity contribution in [1.29, 1.82) is 0 Å². The Morgan fingerprint density at radius 3 is 1.40 bits per heavy atom. The van der Waals surface area contributed by atoms with Crippen molar-refractivity contribution in [2.75, 3.05) is 14.7 Å². The van der Waals surface area contributed by atoms with Crippen molar-refractivity contribution in [1.82, 2.24) is 0 Å². The molecule has 0 fully saturated rings. The standard InChI is InChI=1S/C70H47N3OS/c1-4-16-48(17-5-1)49-30-34-54(35-31-49)72(53-22-8-3-9-23-53)59-40-43-69-66(46-59)64-41-38-60(47-70(64)75-69)73(58-39-42-68-65(45-58)63-27-12-13-29-67(63)74-68)57-25-15-24-56(44-57)71(52-20-6-2-7-21-52)55-36-32-51(33-37-55)62-28-14-19-50-18-10-11-26-61(50)62/h1-47H. The molecule has 2 aromatic heterocycles. The minimum Gasteiger partial charge on any atom is -0.456 e. The lowest BCUT2D eigenvalue weighted by Crippen LogP contribution is -2.13. The van der Waals surface area contributed by atoms with E-state index in [0.29, 0.717) is 0 Å². The van der Waals surface area contributed by atoms with Crippen molar-refractivity contribution in [3.63, 3.8) is 0 Å². The molecule has 0 unspecified atom stereocenters. The fourth-order valence-corrected chi connectivity index (χ4v) is 12.0. The Morgan fingerprint density at radius 1 is 0.240 bits per heavy atom. The molecular weight excluding hydrogens is 931 g/mol. The van der Waals surface area contributed by atoms with Gasteiger partial charge in [0.1, 0.15) is 11.2 Å². The molecule has 0 bridgehead atoms. The van der Waals surface area contributed by atoms with E-state index in [4.69, 9.17) is 4.42 Å². The van der Waals surface area contributed by atoms with Crippen molar-refractivity contribution in [2.24, 2.45) is 0 Å². The van der Waals surface area contributed by atoms with E-state index in [9.17, 15) is 0 Å². The number of nitrogens with zero attached hydrogens (tertiary/aromatic N) is 3. The lowest BCUT2D eigenvalue weighted by Gasteiger charge is -2.29. The van der Waals surface area contributed by atoms with E-state index in [1.54, 1.807) is 0 Å². The molecule has 14 aromatic rings. The highest BCUT2D eigenvalue weighted by molar-refractivity contribution is 7.25. The van der Waals surface area contributed by atoms with Crippen LogP contribution in [0, 0.1) is 0 Å². The van der Waals surface area contributed by atoms with Gasteiger partial charge in [-0.25, -0.2) is 0 Å². The fourth-order valence-electron chi connectivity index (χ4n) is 10.9. The highest BCUT2D eigenvalue weighted by Crippen LogP contribution is 2.46. The van der Waals surface area contributed by atoms with Gasteiger partial charge >= 0.3 is 0 Å². The predicted molar refractivity (Wildman–Crippen MR) is 319 cm³/mol. The first-order valence-corrected chi connectivity index (χ1v) is 26.2. The van der Waals surface area contributed by atoms with Crippen LogP contribution in [0.15, 0.2) is 290 Å². The molecule has 0 aliphatic heterocycles. The second-order valence-corrected chi connectivity index (χ2v) is 20.0. The van der Waals surface area contributed by atoms with Crippen molar-refractivity contribution in [3.05, 3.63) is 285 Å². The van der Waals surface area contributed by atoms with Crippen molar-refractivity contribution in [3.8, 4) is 22.3 Å². The summed E-state index contributed by atoms with van der Waals surface area (Å²) in [5.74, 6) is 0. The molecule has 2 heterocycles. The Labute approximate surface area is 439 Å². The number of anilines is 9. The maximum absolute atomic E-state index is 6.38. The first-order valence-electron chi connectivity index (χ1n) is 25.4. The van der Waals surface area contributed by atoms with E-state index < -0.39 is 0 Å². The monoisotopic (exact) mass is 977 g/mol. The number of fused-ring (bicyclic) bond motifs is 7. The Hall–Kier alpha value is -9.68. The number of furan rings is 1. The number of benzene rings is 12. The van der Waals surface area contributed by atoms with Gasteiger partial charge in [0.25, 0.3) is 0 Å². The molecular formula is C70H47N3OS. The summed E-state index contributed by atoms with van der Waals surface area (Å²) < 4.78 is 8.83. The third-order valence-corrected chi connectivity index (χ3v) is 15.5. The molecule has 0 radical (unpaired) electrons. The van der Waals surface area contributed by atoms with Crippen LogP contribution in [0.25, 0.3) is 75.1 Å². The molecule has 0 aliphatic rings. The first kappa shape index (κ1) is 44.1. The van der Waals surface area contributed by atoms with Gasteiger partial charge in [-0.15, -0.1) is 11.3 Å². The van der Waals surface area contributed by atoms with Crippen LogP contribution in [0.3, 0.4) is 0 Å². The van der Waals surface area contributed by atoms with Crippen LogP contribution in [-0.4, -0.2) is 0 Å². The van der Waals surface area contributed by atoms with Crippen LogP contribution in [0.1, 0.15) is 0 Å². The van der Waals surface area contributed by atoms with Gasteiger partial charge in [-0.05, 0) is 154 Å². The zero-order chi connectivity index (χ0) is 49.7. The summed E-state index contributed by atoms with van der Waals surface area (Å²) in [5, 5.41) is 7.11. The number of hydrogen-bond acceptors (Lipinski definition) is 5.